The van der Waals surface area contributed by atoms with Gasteiger partial charge in [0.15, 0.2) is 0 Å². The van der Waals surface area contributed by atoms with Gasteiger partial charge in [0.1, 0.15) is 0 Å². The first-order valence-electron chi connectivity index (χ1n) is 11.2. The highest BCUT2D eigenvalue weighted by Gasteiger charge is 2.18. The van der Waals surface area contributed by atoms with E-state index in [1.165, 1.54) is 24.1 Å². The molecule has 2 aromatic carbocycles. The molecule has 0 atom stereocenters. The van der Waals surface area contributed by atoms with E-state index in [4.69, 9.17) is 0 Å². The van der Waals surface area contributed by atoms with Crippen LogP contribution in [-0.4, -0.2) is 34.0 Å². The molecule has 1 aliphatic heterocycles. The summed E-state index contributed by atoms with van der Waals surface area (Å²) < 4.78 is 27.8. The van der Waals surface area contributed by atoms with Crippen LogP contribution >= 0.6 is 0 Å². The Bertz CT molecular complexity index is 1060. The van der Waals surface area contributed by atoms with E-state index in [2.05, 4.69) is 21.0 Å². The van der Waals surface area contributed by atoms with Crippen LogP contribution < -0.4 is 14.9 Å². The van der Waals surface area contributed by atoms with Gasteiger partial charge in [-0.25, -0.2) is 13.1 Å². The van der Waals surface area contributed by atoms with Crippen molar-refractivity contribution in [3.63, 3.8) is 0 Å². The van der Waals surface area contributed by atoms with Gasteiger partial charge >= 0.3 is 0 Å². The Morgan fingerprint density at radius 3 is 2.45 bits per heavy atom. The molecule has 1 saturated heterocycles. The molecule has 31 heavy (non-hydrogen) atoms. The first-order chi connectivity index (χ1) is 14.9. The van der Waals surface area contributed by atoms with Crippen molar-refractivity contribution in [3.8, 4) is 0 Å². The fourth-order valence-corrected chi connectivity index (χ4v) is 5.51. The lowest BCUT2D eigenvalue weighted by Gasteiger charge is -2.19. The van der Waals surface area contributed by atoms with Gasteiger partial charge in [-0.15, -0.1) is 0 Å². The van der Waals surface area contributed by atoms with E-state index < -0.39 is 10.0 Å². The van der Waals surface area contributed by atoms with Crippen LogP contribution in [0.5, 0.6) is 0 Å². The molecule has 166 valence electrons. The number of hydrogen-bond acceptors (Lipinski definition) is 4. The molecule has 2 aromatic rings. The molecule has 2 N–H and O–H groups in total. The summed E-state index contributed by atoms with van der Waals surface area (Å²) in [5.41, 5.74) is 5.33. The van der Waals surface area contributed by atoms with Crippen molar-refractivity contribution < 1.29 is 13.2 Å². The van der Waals surface area contributed by atoms with E-state index in [0.717, 1.165) is 55.6 Å². The lowest BCUT2D eigenvalue weighted by atomic mass is 9.92. The van der Waals surface area contributed by atoms with E-state index in [9.17, 15) is 13.2 Å². The van der Waals surface area contributed by atoms with Crippen LogP contribution in [0, 0.1) is 6.92 Å². The van der Waals surface area contributed by atoms with Crippen molar-refractivity contribution in [2.45, 2.75) is 56.8 Å². The number of carbonyl (C=O) groups is 1. The molecule has 1 heterocycles. The fourth-order valence-electron chi connectivity index (χ4n) is 4.43. The number of benzene rings is 2. The van der Waals surface area contributed by atoms with Gasteiger partial charge in [-0.1, -0.05) is 6.07 Å². The van der Waals surface area contributed by atoms with Crippen LogP contribution in [0.4, 0.5) is 11.4 Å². The maximum Gasteiger partial charge on any atom is 0.240 e. The second-order valence-corrected chi connectivity index (χ2v) is 10.3. The van der Waals surface area contributed by atoms with Crippen LogP contribution in [0.2, 0.25) is 0 Å². The molecule has 6 nitrogen and oxygen atoms in total. The van der Waals surface area contributed by atoms with E-state index in [0.29, 0.717) is 0 Å². The predicted molar refractivity (Wildman–Crippen MR) is 124 cm³/mol. The second kappa shape index (κ2) is 9.40. The maximum absolute atomic E-state index is 12.6. The largest absolute Gasteiger partial charge is 0.372 e. The summed E-state index contributed by atoms with van der Waals surface area (Å²) in [6.07, 6.45) is 6.73. The summed E-state index contributed by atoms with van der Waals surface area (Å²) in [5, 5.41) is 2.90. The Labute approximate surface area is 185 Å². The molecule has 2 aliphatic rings. The van der Waals surface area contributed by atoms with Crippen molar-refractivity contribution in [2.24, 2.45) is 0 Å². The summed E-state index contributed by atoms with van der Waals surface area (Å²) in [6, 6.07) is 11.4. The third kappa shape index (κ3) is 5.28. The molecule has 0 bridgehead atoms. The molecule has 0 spiro atoms. The molecule has 1 aliphatic carbocycles. The second-order valence-electron chi connectivity index (χ2n) is 8.53. The minimum atomic E-state index is -3.62. The zero-order valence-corrected chi connectivity index (χ0v) is 18.9. The molecule has 4 rings (SSSR count). The lowest BCUT2D eigenvalue weighted by molar-refractivity contribution is -0.116. The van der Waals surface area contributed by atoms with E-state index in [1.807, 2.05) is 25.1 Å². The van der Waals surface area contributed by atoms with Crippen LogP contribution in [0.15, 0.2) is 41.3 Å². The van der Waals surface area contributed by atoms with E-state index >= 15 is 0 Å². The summed E-state index contributed by atoms with van der Waals surface area (Å²) in [4.78, 5) is 15.0. The Hall–Kier alpha value is -2.38. The summed E-state index contributed by atoms with van der Waals surface area (Å²) in [7, 11) is -3.62. The number of rotatable bonds is 7. The van der Waals surface area contributed by atoms with Crippen molar-refractivity contribution in [1.29, 1.82) is 0 Å². The first kappa shape index (κ1) is 21.8. The van der Waals surface area contributed by atoms with Gasteiger partial charge in [-0.05, 0) is 92.5 Å². The zero-order valence-electron chi connectivity index (χ0n) is 18.1. The van der Waals surface area contributed by atoms with Gasteiger partial charge in [0, 0.05) is 37.4 Å². The fraction of sp³-hybridized carbons (Fsp3) is 0.458. The zero-order chi connectivity index (χ0) is 21.8. The van der Waals surface area contributed by atoms with Crippen molar-refractivity contribution >= 4 is 27.3 Å². The number of hydrogen-bond donors (Lipinski definition) is 2. The number of nitrogens with one attached hydrogen (secondary N) is 2. The third-order valence-corrected chi connectivity index (χ3v) is 7.69. The Balaban J connectivity index is 1.30. The molecular formula is C24H31N3O3S. The maximum atomic E-state index is 12.6. The molecule has 0 radical (unpaired) electrons. The van der Waals surface area contributed by atoms with Gasteiger partial charge in [-0.2, -0.15) is 0 Å². The van der Waals surface area contributed by atoms with Crippen LogP contribution in [-0.2, 0) is 27.7 Å². The minimum Gasteiger partial charge on any atom is -0.372 e. The lowest BCUT2D eigenvalue weighted by Crippen LogP contribution is -2.28. The van der Waals surface area contributed by atoms with Crippen molar-refractivity contribution in [3.05, 3.63) is 53.1 Å². The normalized spacial score (nSPS) is 16.2. The quantitative estimate of drug-likeness (QED) is 0.685. The topological polar surface area (TPSA) is 78.5 Å². The average Bonchev–Trinajstić information content (AvgIpc) is 3.29. The standard InChI is InChI=1S/C24H31N3O3S/c1-18-16-21(27-14-4-5-15-27)9-11-23(18)26-24(28)12-13-25-31(29,30)22-10-8-19-6-2-3-7-20(19)17-22/h8-11,16-17,25H,2-7,12-15H2,1H3,(H,26,28). The van der Waals surface area contributed by atoms with E-state index in [1.54, 1.807) is 12.1 Å². The predicted octanol–water partition coefficient (Wildman–Crippen LogP) is 3.78. The summed E-state index contributed by atoms with van der Waals surface area (Å²) in [5.74, 6) is -0.204. The van der Waals surface area contributed by atoms with Crippen molar-refractivity contribution in [1.82, 2.24) is 4.72 Å². The number of nitrogens with zero attached hydrogens (tertiary/aromatic N) is 1. The third-order valence-electron chi connectivity index (χ3n) is 6.23. The van der Waals surface area contributed by atoms with Gasteiger partial charge < -0.3 is 10.2 Å². The summed E-state index contributed by atoms with van der Waals surface area (Å²) >= 11 is 0. The van der Waals surface area contributed by atoms with Crippen LogP contribution in [0.3, 0.4) is 0 Å². The molecular weight excluding hydrogens is 410 g/mol. The molecule has 1 fully saturated rings. The minimum absolute atomic E-state index is 0.0656. The van der Waals surface area contributed by atoms with Crippen LogP contribution in [0.1, 0.15) is 48.8 Å². The van der Waals surface area contributed by atoms with Crippen molar-refractivity contribution in [2.75, 3.05) is 29.9 Å². The molecule has 1 amide bonds. The number of amides is 1. The van der Waals surface area contributed by atoms with Gasteiger partial charge in [-0.3, -0.25) is 4.79 Å². The van der Waals surface area contributed by atoms with Gasteiger partial charge in [0.25, 0.3) is 0 Å². The highest BCUT2D eigenvalue weighted by molar-refractivity contribution is 7.89. The number of aryl methyl sites for hydroxylation is 3. The first-order valence-corrected chi connectivity index (χ1v) is 12.7. The number of anilines is 2. The van der Waals surface area contributed by atoms with Crippen LogP contribution in [0.25, 0.3) is 0 Å². The monoisotopic (exact) mass is 441 g/mol. The Morgan fingerprint density at radius 1 is 0.968 bits per heavy atom. The highest BCUT2D eigenvalue weighted by Crippen LogP contribution is 2.26. The molecule has 7 heteroatoms. The summed E-state index contributed by atoms with van der Waals surface area (Å²) in [6.45, 7) is 4.20. The van der Waals surface area contributed by atoms with Gasteiger partial charge in [0.2, 0.25) is 15.9 Å². The molecule has 0 saturated carbocycles. The average molecular weight is 442 g/mol. The molecule has 0 aromatic heterocycles. The molecule has 0 unspecified atom stereocenters. The Morgan fingerprint density at radius 2 is 1.71 bits per heavy atom. The number of fused-ring (bicyclic) bond motifs is 1. The van der Waals surface area contributed by atoms with Gasteiger partial charge in [0.05, 0.1) is 4.90 Å². The smallest absolute Gasteiger partial charge is 0.240 e. The Kier molecular flexibility index (Phi) is 6.62. The SMILES string of the molecule is Cc1cc(N2CCCC2)ccc1NC(=O)CCNS(=O)(=O)c1ccc2c(c1)CCCC2. The number of sulfonamides is 1. The van der Waals surface area contributed by atoms with E-state index in [-0.39, 0.29) is 23.8 Å². The number of carbonyl (C=O) groups excluding carboxylic acids is 1. The highest BCUT2D eigenvalue weighted by atomic mass is 32.2.